The summed E-state index contributed by atoms with van der Waals surface area (Å²) in [6.07, 6.45) is 6.63. The van der Waals surface area contributed by atoms with Crippen LogP contribution in [-0.2, 0) is 15.9 Å². The van der Waals surface area contributed by atoms with E-state index in [1.807, 2.05) is 13.0 Å². The van der Waals surface area contributed by atoms with Crippen molar-refractivity contribution in [3.63, 3.8) is 0 Å². The van der Waals surface area contributed by atoms with E-state index in [4.69, 9.17) is 14.2 Å². The number of ether oxygens (including phenoxy) is 3. The lowest BCUT2D eigenvalue weighted by atomic mass is 9.95. The molecule has 1 aliphatic carbocycles. The summed E-state index contributed by atoms with van der Waals surface area (Å²) in [5.41, 5.74) is 3.59. The highest BCUT2D eigenvalue weighted by Crippen LogP contribution is 2.39. The molecule has 0 amide bonds. The molecule has 6 nitrogen and oxygen atoms in total. The van der Waals surface area contributed by atoms with E-state index in [2.05, 4.69) is 9.97 Å². The Morgan fingerprint density at radius 1 is 1.33 bits per heavy atom. The van der Waals surface area contributed by atoms with Gasteiger partial charge in [0.05, 0.1) is 43.9 Å². The van der Waals surface area contributed by atoms with E-state index in [1.54, 1.807) is 12.3 Å². The minimum absolute atomic E-state index is 0.209. The number of methoxy groups -OCH3 is 1. The molecule has 1 aliphatic heterocycles. The minimum Gasteiger partial charge on any atom is -0.493 e. The predicted molar refractivity (Wildman–Crippen MR) is 109 cm³/mol. The zero-order chi connectivity index (χ0) is 21.1. The van der Waals surface area contributed by atoms with Gasteiger partial charge in [-0.1, -0.05) is 12.1 Å². The van der Waals surface area contributed by atoms with Crippen LogP contribution in [0.25, 0.3) is 5.57 Å². The fourth-order valence-electron chi connectivity index (χ4n) is 3.68. The highest BCUT2D eigenvalue weighted by molar-refractivity contribution is 5.88. The van der Waals surface area contributed by atoms with Crippen molar-refractivity contribution in [2.45, 2.75) is 38.5 Å². The maximum atomic E-state index is 14.8. The van der Waals surface area contributed by atoms with Gasteiger partial charge in [-0.3, -0.25) is 4.98 Å². The first-order chi connectivity index (χ1) is 14.6. The number of carbonyl (C=O) groups is 1. The Hall–Kier alpha value is -2.80. The summed E-state index contributed by atoms with van der Waals surface area (Å²) in [5.74, 6) is -0.00695. The van der Waals surface area contributed by atoms with Crippen LogP contribution in [-0.4, -0.2) is 42.9 Å². The van der Waals surface area contributed by atoms with Crippen LogP contribution in [0.2, 0.25) is 0 Å². The van der Waals surface area contributed by atoms with Crippen LogP contribution in [0.4, 0.5) is 4.39 Å². The first kappa shape index (κ1) is 20.5. The molecule has 1 aromatic heterocycles. The molecule has 0 spiro atoms. The number of esters is 1. The molecule has 0 saturated heterocycles. The summed E-state index contributed by atoms with van der Waals surface area (Å²) in [6.45, 7) is 3.25. The van der Waals surface area contributed by atoms with Crippen molar-refractivity contribution >= 4 is 11.5 Å². The van der Waals surface area contributed by atoms with Gasteiger partial charge in [-0.25, -0.2) is 14.2 Å². The molecule has 2 heterocycles. The molecule has 0 unspecified atom stereocenters. The molecular weight excluding hydrogens is 387 g/mol. The Labute approximate surface area is 175 Å². The molecule has 1 saturated carbocycles. The molecule has 1 aromatic carbocycles. The molecule has 0 bridgehead atoms. The number of hydrogen-bond donors (Lipinski definition) is 0. The third-order valence-corrected chi connectivity index (χ3v) is 5.36. The molecule has 158 valence electrons. The van der Waals surface area contributed by atoms with Crippen molar-refractivity contribution < 1.29 is 23.4 Å². The third kappa shape index (κ3) is 4.21. The molecular formula is C23H25FN2O4. The van der Waals surface area contributed by atoms with Crippen LogP contribution >= 0.6 is 0 Å². The average molecular weight is 412 g/mol. The van der Waals surface area contributed by atoms with E-state index >= 15 is 0 Å². The van der Waals surface area contributed by atoms with Gasteiger partial charge in [0.25, 0.3) is 0 Å². The van der Waals surface area contributed by atoms with Crippen LogP contribution in [0.3, 0.4) is 0 Å². The molecule has 2 aliphatic rings. The van der Waals surface area contributed by atoms with Gasteiger partial charge in [-0.2, -0.15) is 0 Å². The van der Waals surface area contributed by atoms with Crippen molar-refractivity contribution in [1.29, 1.82) is 0 Å². The molecule has 4 rings (SSSR count). The number of carbonyl (C=O) groups excluding carboxylic acids is 1. The minimum atomic E-state index is -0.521. The summed E-state index contributed by atoms with van der Waals surface area (Å²) in [4.78, 5) is 21.4. The fraction of sp³-hybridized carbons (Fsp3) is 0.435. The van der Waals surface area contributed by atoms with Gasteiger partial charge in [-0.05, 0) is 37.8 Å². The lowest BCUT2D eigenvalue weighted by Gasteiger charge is -2.20. The number of rotatable bonds is 7. The van der Waals surface area contributed by atoms with Crippen LogP contribution < -0.4 is 4.74 Å². The molecule has 7 heteroatoms. The van der Waals surface area contributed by atoms with Gasteiger partial charge < -0.3 is 14.2 Å². The van der Waals surface area contributed by atoms with Gasteiger partial charge in [0.2, 0.25) is 0 Å². The summed E-state index contributed by atoms with van der Waals surface area (Å²) < 4.78 is 31.0. The van der Waals surface area contributed by atoms with Gasteiger partial charge in [-0.15, -0.1) is 0 Å². The number of halogens is 1. The van der Waals surface area contributed by atoms with Crippen LogP contribution in [0.1, 0.15) is 65.1 Å². The Morgan fingerprint density at radius 3 is 2.83 bits per heavy atom. The monoisotopic (exact) mass is 412 g/mol. The highest BCUT2D eigenvalue weighted by atomic mass is 19.1. The molecule has 0 radical (unpaired) electrons. The van der Waals surface area contributed by atoms with Gasteiger partial charge in [0.15, 0.2) is 5.69 Å². The quantitative estimate of drug-likeness (QED) is 0.639. The second-order valence-electron chi connectivity index (χ2n) is 7.43. The SMILES string of the molecule is CCOc1c(Cc2ncc(C3CC3)nc2C(=O)OC)ccc(F)c1C1=CCOCC1. The molecule has 1 fully saturated rings. The van der Waals surface area contributed by atoms with E-state index < -0.39 is 5.97 Å². The summed E-state index contributed by atoms with van der Waals surface area (Å²) in [7, 11) is 1.33. The number of aromatic nitrogens is 2. The normalized spacial score (nSPS) is 16.2. The van der Waals surface area contributed by atoms with Gasteiger partial charge >= 0.3 is 5.97 Å². The summed E-state index contributed by atoms with van der Waals surface area (Å²) in [6, 6.07) is 3.12. The Bertz CT molecular complexity index is 985. The number of hydrogen-bond acceptors (Lipinski definition) is 6. The molecule has 2 aromatic rings. The van der Waals surface area contributed by atoms with Crippen LogP contribution in [0.5, 0.6) is 5.75 Å². The van der Waals surface area contributed by atoms with Crippen LogP contribution in [0.15, 0.2) is 24.4 Å². The number of benzene rings is 1. The lowest BCUT2D eigenvalue weighted by molar-refractivity contribution is 0.0591. The van der Waals surface area contributed by atoms with E-state index in [0.717, 1.165) is 29.7 Å². The first-order valence-corrected chi connectivity index (χ1v) is 10.3. The third-order valence-electron chi connectivity index (χ3n) is 5.36. The zero-order valence-electron chi connectivity index (χ0n) is 17.2. The maximum absolute atomic E-state index is 14.8. The first-order valence-electron chi connectivity index (χ1n) is 10.3. The molecule has 30 heavy (non-hydrogen) atoms. The summed E-state index contributed by atoms with van der Waals surface area (Å²) in [5, 5.41) is 0. The standard InChI is InChI=1S/C23H25FN2O4/c1-3-30-22-16(6-7-17(24)20(22)15-8-10-29-11-9-15)12-18-21(23(27)28-2)26-19(13-25-18)14-4-5-14/h6-8,13-14H,3-5,9-12H2,1-2H3. The van der Waals surface area contributed by atoms with Crippen LogP contribution in [0, 0.1) is 5.82 Å². The fourth-order valence-corrected chi connectivity index (χ4v) is 3.68. The van der Waals surface area contributed by atoms with Crippen molar-refractivity contribution in [3.05, 3.63) is 58.4 Å². The highest BCUT2D eigenvalue weighted by Gasteiger charge is 2.28. The Morgan fingerprint density at radius 2 is 2.17 bits per heavy atom. The largest absolute Gasteiger partial charge is 0.493 e. The van der Waals surface area contributed by atoms with Crippen molar-refractivity contribution in [2.24, 2.45) is 0 Å². The Kier molecular flexibility index (Phi) is 6.08. The molecule has 0 atom stereocenters. The zero-order valence-corrected chi connectivity index (χ0v) is 17.2. The second-order valence-corrected chi connectivity index (χ2v) is 7.43. The second kappa shape index (κ2) is 8.92. The van der Waals surface area contributed by atoms with E-state index in [-0.39, 0.29) is 17.9 Å². The van der Waals surface area contributed by atoms with E-state index in [1.165, 1.54) is 13.2 Å². The smallest absolute Gasteiger partial charge is 0.358 e. The van der Waals surface area contributed by atoms with Gasteiger partial charge in [0, 0.05) is 24.1 Å². The predicted octanol–water partition coefficient (Wildman–Crippen LogP) is 4.07. The lowest BCUT2D eigenvalue weighted by Crippen LogP contribution is -2.14. The average Bonchev–Trinajstić information content (AvgIpc) is 3.61. The van der Waals surface area contributed by atoms with E-state index in [0.29, 0.717) is 49.2 Å². The topological polar surface area (TPSA) is 70.5 Å². The number of nitrogens with zero attached hydrogens (tertiary/aromatic N) is 2. The van der Waals surface area contributed by atoms with Crippen molar-refractivity contribution in [3.8, 4) is 5.75 Å². The molecule has 0 N–H and O–H groups in total. The Balaban J connectivity index is 1.76. The maximum Gasteiger partial charge on any atom is 0.358 e. The summed E-state index contributed by atoms with van der Waals surface area (Å²) >= 11 is 0. The van der Waals surface area contributed by atoms with Gasteiger partial charge in [0.1, 0.15) is 11.6 Å². The van der Waals surface area contributed by atoms with E-state index in [9.17, 15) is 9.18 Å². The van der Waals surface area contributed by atoms with Crippen molar-refractivity contribution in [2.75, 3.05) is 26.9 Å². The van der Waals surface area contributed by atoms with Crippen molar-refractivity contribution in [1.82, 2.24) is 9.97 Å².